The molecule has 3 saturated heterocycles. The maximum atomic E-state index is 16.5. The summed E-state index contributed by atoms with van der Waals surface area (Å²) in [5.41, 5.74) is -0.0851. The monoisotopic (exact) mass is 549 g/mol. The molecule has 4 atom stereocenters. The molecule has 40 heavy (non-hydrogen) atoms. The Bertz CT molecular complexity index is 1600. The summed E-state index contributed by atoms with van der Waals surface area (Å²) in [5, 5.41) is 15.3. The number of fused-ring (bicyclic) bond motifs is 4. The Balaban J connectivity index is 1.40. The van der Waals surface area contributed by atoms with E-state index in [9.17, 15) is 9.50 Å². The standard InChI is InChI=1S/C30H30F3N5O2/c1-37-14-17(31)9-20(37)15-40-30-35-28-24(29(36-30)38-18-6-7-19(38)13-34-12-18)11-25(32)26(27(28)33)23-10-21(39)8-16-4-2-3-5-22(16)23/h2-5,8,10-11,17-20,34,39H,6-7,9,12-15H2,1H3/t17-,18?,19?,20+/m1/s1. The number of benzene rings is 3. The number of ether oxygens (including phenoxy) is 1. The number of phenolic OH excluding ortho intramolecular Hbond substituents is 1. The first-order valence-electron chi connectivity index (χ1n) is 13.8. The fourth-order valence-corrected chi connectivity index (χ4v) is 6.67. The molecule has 4 aromatic rings. The number of hydrogen-bond donors (Lipinski definition) is 2. The number of hydrogen-bond acceptors (Lipinski definition) is 7. The van der Waals surface area contributed by atoms with Crippen molar-refractivity contribution >= 4 is 27.5 Å². The van der Waals surface area contributed by atoms with Gasteiger partial charge >= 0.3 is 6.01 Å². The lowest BCUT2D eigenvalue weighted by Gasteiger charge is -2.37. The number of aromatic hydroxyl groups is 1. The van der Waals surface area contributed by atoms with Crippen LogP contribution in [0.4, 0.5) is 19.0 Å². The summed E-state index contributed by atoms with van der Waals surface area (Å²) in [6.45, 7) is 1.99. The summed E-state index contributed by atoms with van der Waals surface area (Å²) >= 11 is 0. The highest BCUT2D eigenvalue weighted by Gasteiger charge is 2.39. The van der Waals surface area contributed by atoms with Crippen molar-refractivity contribution in [2.24, 2.45) is 0 Å². The van der Waals surface area contributed by atoms with Crippen molar-refractivity contribution in [3.63, 3.8) is 0 Å². The second-order valence-corrected chi connectivity index (χ2v) is 11.2. The summed E-state index contributed by atoms with van der Waals surface area (Å²) in [7, 11) is 1.84. The van der Waals surface area contributed by atoms with E-state index >= 15 is 8.78 Å². The van der Waals surface area contributed by atoms with Crippen LogP contribution in [0.5, 0.6) is 11.8 Å². The van der Waals surface area contributed by atoms with Crippen molar-refractivity contribution in [3.8, 4) is 22.9 Å². The van der Waals surface area contributed by atoms with Gasteiger partial charge in [-0.25, -0.2) is 13.2 Å². The first-order chi connectivity index (χ1) is 19.4. The van der Waals surface area contributed by atoms with Crippen LogP contribution < -0.4 is 15.0 Å². The fraction of sp³-hybridized carbons (Fsp3) is 0.400. The third-order valence-electron chi connectivity index (χ3n) is 8.62. The number of rotatable bonds is 5. The van der Waals surface area contributed by atoms with E-state index in [2.05, 4.69) is 15.2 Å². The lowest BCUT2D eigenvalue weighted by molar-refractivity contribution is 0.188. The van der Waals surface area contributed by atoms with Crippen molar-refractivity contribution < 1.29 is 23.0 Å². The highest BCUT2D eigenvalue weighted by atomic mass is 19.1. The Labute approximate surface area is 229 Å². The molecular weight excluding hydrogens is 519 g/mol. The SMILES string of the molecule is CN1C[C@H](F)C[C@H]1COc1nc(N2C3CCC2CNC3)c2cc(F)c(-c3cc(O)cc4ccccc34)c(F)c2n1. The van der Waals surface area contributed by atoms with Crippen LogP contribution in [0.1, 0.15) is 19.3 Å². The molecule has 0 saturated carbocycles. The van der Waals surface area contributed by atoms with Gasteiger partial charge in [-0.2, -0.15) is 9.97 Å². The Morgan fingerprint density at radius 2 is 1.82 bits per heavy atom. The predicted octanol–water partition coefficient (Wildman–Crippen LogP) is 4.80. The quantitative estimate of drug-likeness (QED) is 0.371. The minimum absolute atomic E-state index is 0.0200. The maximum absolute atomic E-state index is 16.5. The number of piperazine rings is 1. The molecule has 7 rings (SSSR count). The summed E-state index contributed by atoms with van der Waals surface area (Å²) in [6.07, 6.45) is 1.31. The zero-order valence-electron chi connectivity index (χ0n) is 22.1. The summed E-state index contributed by atoms with van der Waals surface area (Å²) < 4.78 is 52.4. The maximum Gasteiger partial charge on any atom is 0.319 e. The highest BCUT2D eigenvalue weighted by Crippen LogP contribution is 2.42. The first kappa shape index (κ1) is 25.3. The third-order valence-corrected chi connectivity index (χ3v) is 8.62. The molecule has 10 heteroatoms. The van der Waals surface area contributed by atoms with Crippen molar-refractivity contribution in [1.82, 2.24) is 20.2 Å². The highest BCUT2D eigenvalue weighted by molar-refractivity contribution is 6.01. The van der Waals surface area contributed by atoms with E-state index in [1.807, 2.05) is 11.9 Å². The molecule has 7 nitrogen and oxygen atoms in total. The molecule has 4 heterocycles. The molecule has 3 aromatic carbocycles. The lowest BCUT2D eigenvalue weighted by atomic mass is 9.95. The largest absolute Gasteiger partial charge is 0.508 e. The number of aromatic nitrogens is 2. The molecule has 0 radical (unpaired) electrons. The van der Waals surface area contributed by atoms with Crippen LogP contribution in [0.2, 0.25) is 0 Å². The van der Waals surface area contributed by atoms with Crippen molar-refractivity contribution in [2.75, 3.05) is 38.2 Å². The topological polar surface area (TPSA) is 73.8 Å². The Hall–Kier alpha value is -3.63. The molecule has 208 valence electrons. The minimum Gasteiger partial charge on any atom is -0.508 e. The number of anilines is 1. The zero-order chi connectivity index (χ0) is 27.5. The average molecular weight is 550 g/mol. The van der Waals surface area contributed by atoms with Gasteiger partial charge in [0.05, 0.1) is 5.56 Å². The number of nitrogens with zero attached hydrogens (tertiary/aromatic N) is 4. The molecule has 0 aliphatic carbocycles. The normalized spacial score (nSPS) is 24.9. The number of halogens is 3. The molecule has 1 aromatic heterocycles. The summed E-state index contributed by atoms with van der Waals surface area (Å²) in [6, 6.07) is 11.5. The second-order valence-electron chi connectivity index (χ2n) is 11.2. The van der Waals surface area contributed by atoms with Gasteiger partial charge in [-0.1, -0.05) is 24.3 Å². The number of likely N-dealkylation sites (tertiary alicyclic amines) is 1. The van der Waals surface area contributed by atoms with Crippen molar-refractivity contribution in [2.45, 2.75) is 43.6 Å². The number of phenols is 1. The Kier molecular flexibility index (Phi) is 6.20. The van der Waals surface area contributed by atoms with Gasteiger partial charge in [0, 0.05) is 43.1 Å². The smallest absolute Gasteiger partial charge is 0.319 e. The number of alkyl halides is 1. The Morgan fingerprint density at radius 3 is 2.58 bits per heavy atom. The first-order valence-corrected chi connectivity index (χ1v) is 13.8. The third kappa shape index (κ3) is 4.21. The van der Waals surface area contributed by atoms with E-state index in [-0.39, 0.29) is 58.5 Å². The number of likely N-dealkylation sites (N-methyl/N-ethyl adjacent to an activating group) is 1. The lowest BCUT2D eigenvalue weighted by Crippen LogP contribution is -2.52. The van der Waals surface area contributed by atoms with E-state index in [4.69, 9.17) is 9.72 Å². The van der Waals surface area contributed by atoms with Gasteiger partial charge in [0.1, 0.15) is 35.7 Å². The molecule has 3 aliphatic heterocycles. The van der Waals surface area contributed by atoms with Crippen LogP contribution in [0.15, 0.2) is 42.5 Å². The van der Waals surface area contributed by atoms with Crippen LogP contribution in [0, 0.1) is 11.6 Å². The molecule has 2 bridgehead atoms. The predicted molar refractivity (Wildman–Crippen MR) is 148 cm³/mol. The van der Waals surface area contributed by atoms with Crippen LogP contribution in [-0.2, 0) is 0 Å². The molecule has 3 aliphatic rings. The average Bonchev–Trinajstić information content (AvgIpc) is 3.38. The molecule has 0 spiro atoms. The van der Waals surface area contributed by atoms with Gasteiger partial charge in [0.25, 0.3) is 0 Å². The zero-order valence-corrected chi connectivity index (χ0v) is 22.1. The fourth-order valence-electron chi connectivity index (χ4n) is 6.67. The van der Waals surface area contributed by atoms with E-state index in [1.165, 1.54) is 12.1 Å². The Morgan fingerprint density at radius 1 is 1.05 bits per heavy atom. The van der Waals surface area contributed by atoms with Gasteiger partial charge in [-0.3, -0.25) is 4.90 Å². The summed E-state index contributed by atoms with van der Waals surface area (Å²) in [4.78, 5) is 13.2. The van der Waals surface area contributed by atoms with Gasteiger partial charge in [0.2, 0.25) is 0 Å². The minimum atomic E-state index is -0.928. The van der Waals surface area contributed by atoms with E-state index in [0.717, 1.165) is 25.9 Å². The molecule has 0 amide bonds. The molecular formula is C30H30F3N5O2. The van der Waals surface area contributed by atoms with Gasteiger partial charge in [0.15, 0.2) is 5.82 Å². The van der Waals surface area contributed by atoms with Crippen LogP contribution in [-0.4, -0.2) is 77.6 Å². The van der Waals surface area contributed by atoms with Crippen molar-refractivity contribution in [3.05, 3.63) is 54.1 Å². The number of nitrogens with one attached hydrogen (secondary N) is 1. The molecule has 2 unspecified atom stereocenters. The van der Waals surface area contributed by atoms with E-state index in [1.54, 1.807) is 30.3 Å². The van der Waals surface area contributed by atoms with Gasteiger partial charge in [-0.15, -0.1) is 0 Å². The van der Waals surface area contributed by atoms with E-state index < -0.39 is 17.8 Å². The molecule has 3 fully saturated rings. The molecule has 2 N–H and O–H groups in total. The van der Waals surface area contributed by atoms with Crippen LogP contribution in [0.25, 0.3) is 32.8 Å². The van der Waals surface area contributed by atoms with Crippen molar-refractivity contribution in [1.29, 1.82) is 0 Å². The van der Waals surface area contributed by atoms with Gasteiger partial charge in [-0.05, 0) is 60.8 Å². The van der Waals surface area contributed by atoms with Crippen LogP contribution in [0.3, 0.4) is 0 Å². The summed E-state index contributed by atoms with van der Waals surface area (Å²) in [5.74, 6) is -1.25. The van der Waals surface area contributed by atoms with E-state index in [0.29, 0.717) is 29.6 Å². The van der Waals surface area contributed by atoms with Crippen LogP contribution >= 0.6 is 0 Å². The second kappa shape index (κ2) is 9.78. The van der Waals surface area contributed by atoms with Gasteiger partial charge < -0.3 is 20.1 Å².